The summed E-state index contributed by atoms with van der Waals surface area (Å²) in [6.07, 6.45) is 4.34. The zero-order valence-corrected chi connectivity index (χ0v) is 12.8. The van der Waals surface area contributed by atoms with E-state index >= 15 is 0 Å². The molecule has 0 atom stereocenters. The van der Waals surface area contributed by atoms with Crippen molar-refractivity contribution >= 4 is 11.8 Å². The summed E-state index contributed by atoms with van der Waals surface area (Å²) in [5, 5.41) is 3.50. The molecular formula is C19H23NO. The SMILES string of the molecule is CCC/C(=C/c1ccc(OCC)cc1)Nc1ccccc1. The summed E-state index contributed by atoms with van der Waals surface area (Å²) >= 11 is 0. The van der Waals surface area contributed by atoms with Gasteiger partial charge in [0.15, 0.2) is 0 Å². The molecular weight excluding hydrogens is 258 g/mol. The molecule has 2 heteroatoms. The molecule has 2 aromatic rings. The minimum absolute atomic E-state index is 0.700. The maximum Gasteiger partial charge on any atom is 0.119 e. The number of rotatable bonds is 7. The monoisotopic (exact) mass is 281 g/mol. The van der Waals surface area contributed by atoms with E-state index in [1.54, 1.807) is 0 Å². The van der Waals surface area contributed by atoms with E-state index in [0.717, 1.165) is 24.3 Å². The third kappa shape index (κ3) is 4.99. The van der Waals surface area contributed by atoms with Crippen molar-refractivity contribution in [2.24, 2.45) is 0 Å². The molecule has 0 spiro atoms. The van der Waals surface area contributed by atoms with Gasteiger partial charge in [0, 0.05) is 11.4 Å². The van der Waals surface area contributed by atoms with E-state index in [1.807, 2.05) is 37.3 Å². The molecule has 0 aliphatic heterocycles. The maximum atomic E-state index is 5.47. The topological polar surface area (TPSA) is 21.3 Å². The van der Waals surface area contributed by atoms with Gasteiger partial charge in [-0.3, -0.25) is 0 Å². The number of hydrogen-bond acceptors (Lipinski definition) is 2. The molecule has 2 aromatic carbocycles. The van der Waals surface area contributed by atoms with Crippen molar-refractivity contribution in [2.75, 3.05) is 11.9 Å². The summed E-state index contributed by atoms with van der Waals surface area (Å²) < 4.78 is 5.47. The van der Waals surface area contributed by atoms with Crippen LogP contribution in [-0.2, 0) is 0 Å². The number of para-hydroxylation sites is 1. The highest BCUT2D eigenvalue weighted by Crippen LogP contribution is 2.18. The predicted molar refractivity (Wildman–Crippen MR) is 90.6 cm³/mol. The van der Waals surface area contributed by atoms with Crippen LogP contribution in [-0.4, -0.2) is 6.61 Å². The molecule has 2 rings (SSSR count). The lowest BCUT2D eigenvalue weighted by atomic mass is 10.1. The molecule has 2 nitrogen and oxygen atoms in total. The second-order valence-electron chi connectivity index (χ2n) is 4.91. The van der Waals surface area contributed by atoms with Crippen molar-refractivity contribution in [2.45, 2.75) is 26.7 Å². The third-order valence-corrected chi connectivity index (χ3v) is 3.13. The molecule has 0 radical (unpaired) electrons. The largest absolute Gasteiger partial charge is 0.494 e. The molecule has 0 bridgehead atoms. The van der Waals surface area contributed by atoms with Gasteiger partial charge in [0.2, 0.25) is 0 Å². The first-order valence-corrected chi connectivity index (χ1v) is 7.57. The number of anilines is 1. The van der Waals surface area contributed by atoms with Crippen LogP contribution in [0.25, 0.3) is 6.08 Å². The first kappa shape index (κ1) is 15.2. The summed E-state index contributed by atoms with van der Waals surface area (Å²) in [5.74, 6) is 0.919. The Morgan fingerprint density at radius 2 is 1.71 bits per heavy atom. The van der Waals surface area contributed by atoms with Crippen LogP contribution in [0, 0.1) is 0 Å². The lowest BCUT2D eigenvalue weighted by molar-refractivity contribution is 0.340. The van der Waals surface area contributed by atoms with Crippen LogP contribution in [0.1, 0.15) is 32.3 Å². The number of allylic oxidation sites excluding steroid dienone is 1. The van der Waals surface area contributed by atoms with Crippen molar-refractivity contribution in [3.05, 3.63) is 65.9 Å². The minimum atomic E-state index is 0.700. The fourth-order valence-electron chi connectivity index (χ4n) is 2.18. The molecule has 0 saturated heterocycles. The van der Waals surface area contributed by atoms with Crippen LogP contribution in [0.3, 0.4) is 0 Å². The Morgan fingerprint density at radius 3 is 2.33 bits per heavy atom. The average Bonchev–Trinajstić information content (AvgIpc) is 2.51. The highest BCUT2D eigenvalue weighted by molar-refractivity contribution is 5.60. The summed E-state index contributed by atoms with van der Waals surface area (Å²) in [7, 11) is 0. The maximum absolute atomic E-state index is 5.47. The van der Waals surface area contributed by atoms with Crippen LogP contribution >= 0.6 is 0 Å². The van der Waals surface area contributed by atoms with Crippen molar-refractivity contribution in [3.8, 4) is 5.75 Å². The van der Waals surface area contributed by atoms with Gasteiger partial charge in [0.05, 0.1) is 6.61 Å². The van der Waals surface area contributed by atoms with Gasteiger partial charge in [-0.2, -0.15) is 0 Å². The van der Waals surface area contributed by atoms with E-state index in [1.165, 1.54) is 11.3 Å². The Morgan fingerprint density at radius 1 is 1.00 bits per heavy atom. The van der Waals surface area contributed by atoms with Gasteiger partial charge < -0.3 is 10.1 Å². The summed E-state index contributed by atoms with van der Waals surface area (Å²) in [6, 6.07) is 18.5. The second-order valence-corrected chi connectivity index (χ2v) is 4.91. The number of ether oxygens (including phenoxy) is 1. The van der Waals surface area contributed by atoms with Gasteiger partial charge in [0.25, 0.3) is 0 Å². The van der Waals surface area contributed by atoms with E-state index in [0.29, 0.717) is 6.61 Å². The van der Waals surface area contributed by atoms with Gasteiger partial charge in [-0.15, -0.1) is 0 Å². The smallest absolute Gasteiger partial charge is 0.119 e. The van der Waals surface area contributed by atoms with Crippen LogP contribution in [0.5, 0.6) is 5.75 Å². The van der Waals surface area contributed by atoms with Gasteiger partial charge in [-0.25, -0.2) is 0 Å². The van der Waals surface area contributed by atoms with Crippen molar-refractivity contribution in [3.63, 3.8) is 0 Å². The first-order valence-electron chi connectivity index (χ1n) is 7.57. The van der Waals surface area contributed by atoms with Gasteiger partial charge in [-0.05, 0) is 49.2 Å². The highest BCUT2D eigenvalue weighted by Gasteiger charge is 1.99. The van der Waals surface area contributed by atoms with Crippen molar-refractivity contribution in [1.29, 1.82) is 0 Å². The van der Waals surface area contributed by atoms with E-state index in [4.69, 9.17) is 4.74 Å². The zero-order chi connectivity index (χ0) is 14.9. The van der Waals surface area contributed by atoms with E-state index in [9.17, 15) is 0 Å². The lowest BCUT2D eigenvalue weighted by Crippen LogP contribution is -1.99. The number of benzene rings is 2. The van der Waals surface area contributed by atoms with E-state index in [2.05, 4.69) is 42.6 Å². The van der Waals surface area contributed by atoms with Crippen molar-refractivity contribution < 1.29 is 4.74 Å². The molecule has 0 aliphatic rings. The van der Waals surface area contributed by atoms with E-state index in [-0.39, 0.29) is 0 Å². The highest BCUT2D eigenvalue weighted by atomic mass is 16.5. The predicted octanol–water partition coefficient (Wildman–Crippen LogP) is 5.34. The quantitative estimate of drug-likeness (QED) is 0.739. The molecule has 0 aromatic heterocycles. The summed E-state index contributed by atoms with van der Waals surface area (Å²) in [6.45, 7) is 4.89. The Hall–Kier alpha value is -2.22. The van der Waals surface area contributed by atoms with Crippen LogP contribution in [0.15, 0.2) is 60.3 Å². The molecule has 1 N–H and O–H groups in total. The fourth-order valence-corrected chi connectivity index (χ4v) is 2.18. The summed E-state index contributed by atoms with van der Waals surface area (Å²) in [4.78, 5) is 0. The van der Waals surface area contributed by atoms with Crippen LogP contribution < -0.4 is 10.1 Å². The van der Waals surface area contributed by atoms with Crippen LogP contribution in [0.4, 0.5) is 5.69 Å². The van der Waals surface area contributed by atoms with Gasteiger partial charge in [-0.1, -0.05) is 43.7 Å². The molecule has 0 aliphatic carbocycles. The Balaban J connectivity index is 2.12. The molecule has 110 valence electrons. The molecule has 0 unspecified atom stereocenters. The number of hydrogen-bond donors (Lipinski definition) is 1. The van der Waals surface area contributed by atoms with Crippen molar-refractivity contribution in [1.82, 2.24) is 0 Å². The molecule has 21 heavy (non-hydrogen) atoms. The Labute approximate surface area is 127 Å². The number of nitrogens with one attached hydrogen (secondary N) is 1. The van der Waals surface area contributed by atoms with Gasteiger partial charge in [0.1, 0.15) is 5.75 Å². The zero-order valence-electron chi connectivity index (χ0n) is 12.8. The third-order valence-electron chi connectivity index (χ3n) is 3.13. The van der Waals surface area contributed by atoms with Crippen LogP contribution in [0.2, 0.25) is 0 Å². The first-order chi connectivity index (χ1) is 10.3. The Kier molecular flexibility index (Phi) is 5.89. The lowest BCUT2D eigenvalue weighted by Gasteiger charge is -2.11. The normalized spacial score (nSPS) is 11.2. The van der Waals surface area contributed by atoms with Gasteiger partial charge >= 0.3 is 0 Å². The summed E-state index contributed by atoms with van der Waals surface area (Å²) in [5.41, 5.74) is 3.54. The molecule has 0 heterocycles. The molecule has 0 amide bonds. The Bertz CT molecular complexity index is 558. The minimum Gasteiger partial charge on any atom is -0.494 e. The fraction of sp³-hybridized carbons (Fsp3) is 0.263. The average molecular weight is 281 g/mol. The second kappa shape index (κ2) is 8.15. The molecule has 0 saturated carbocycles. The molecule has 0 fully saturated rings. The standard InChI is InChI=1S/C19H23NO/c1-3-8-18(20-17-9-6-5-7-10-17)15-16-11-13-19(14-12-16)21-4-2/h5-7,9-15,20H,3-4,8H2,1-2H3/b18-15-. The van der Waals surface area contributed by atoms with E-state index < -0.39 is 0 Å².